The lowest BCUT2D eigenvalue weighted by atomic mass is 9.93. The molecule has 1 aliphatic carbocycles. The molecule has 1 fully saturated rings. The Balaban J connectivity index is 1.59. The zero-order valence-corrected chi connectivity index (χ0v) is 18.1. The van der Waals surface area contributed by atoms with Crippen molar-refractivity contribution < 1.29 is 18.0 Å². The van der Waals surface area contributed by atoms with Gasteiger partial charge in [0.1, 0.15) is 6.07 Å². The van der Waals surface area contributed by atoms with Crippen LogP contribution in [0.25, 0.3) is 0 Å². The quantitative estimate of drug-likeness (QED) is 0.688. The first-order valence-electron chi connectivity index (χ1n) is 10.5. The fraction of sp³-hybridized carbons (Fsp3) is 0.333. The highest BCUT2D eigenvalue weighted by Crippen LogP contribution is 2.48. The van der Waals surface area contributed by atoms with Gasteiger partial charge in [0.2, 0.25) is 0 Å². The Bertz CT molecular complexity index is 1170. The monoisotopic (exact) mass is 453 g/mol. The molecule has 2 unspecified atom stereocenters. The zero-order valence-electron chi connectivity index (χ0n) is 18.1. The molecule has 33 heavy (non-hydrogen) atoms. The molecule has 6 nitrogen and oxygen atoms in total. The molecule has 4 rings (SSSR count). The summed E-state index contributed by atoms with van der Waals surface area (Å²) in [5, 5.41) is 14.8. The Morgan fingerprint density at radius 2 is 2.00 bits per heavy atom. The van der Waals surface area contributed by atoms with E-state index in [9.17, 15) is 18.0 Å². The highest BCUT2D eigenvalue weighted by atomic mass is 19.4. The first kappa shape index (κ1) is 22.5. The molecule has 0 bridgehead atoms. The average molecular weight is 453 g/mol. The maximum atomic E-state index is 13.5. The summed E-state index contributed by atoms with van der Waals surface area (Å²) in [6, 6.07) is 4.62. The summed E-state index contributed by atoms with van der Waals surface area (Å²) in [5.41, 5.74) is 0.808. The number of nitrogens with one attached hydrogen (secondary N) is 2. The minimum absolute atomic E-state index is 0.0393. The predicted octanol–water partition coefficient (Wildman–Crippen LogP) is 4.65. The van der Waals surface area contributed by atoms with Crippen molar-refractivity contribution in [3.8, 4) is 6.07 Å². The van der Waals surface area contributed by atoms with Crippen molar-refractivity contribution >= 4 is 5.91 Å². The molecule has 2 aromatic rings. The van der Waals surface area contributed by atoms with Crippen LogP contribution in [0.2, 0.25) is 0 Å². The maximum Gasteiger partial charge on any atom is 0.416 e. The van der Waals surface area contributed by atoms with E-state index in [0.717, 1.165) is 25.0 Å². The molecule has 2 atom stereocenters. The van der Waals surface area contributed by atoms with Gasteiger partial charge in [0.25, 0.3) is 5.91 Å². The van der Waals surface area contributed by atoms with E-state index in [2.05, 4.69) is 20.6 Å². The van der Waals surface area contributed by atoms with Gasteiger partial charge in [0, 0.05) is 24.2 Å². The van der Waals surface area contributed by atoms with E-state index in [1.54, 1.807) is 31.3 Å². The Morgan fingerprint density at radius 1 is 1.27 bits per heavy atom. The third kappa shape index (κ3) is 4.75. The Hall–Kier alpha value is -3.67. The number of hydrogen-bond acceptors (Lipinski definition) is 5. The van der Waals surface area contributed by atoms with Crippen molar-refractivity contribution in [1.29, 1.82) is 5.26 Å². The van der Waals surface area contributed by atoms with Crippen molar-refractivity contribution in [1.82, 2.24) is 20.6 Å². The van der Waals surface area contributed by atoms with E-state index < -0.39 is 23.7 Å². The van der Waals surface area contributed by atoms with Gasteiger partial charge in [-0.1, -0.05) is 13.0 Å². The first-order chi connectivity index (χ1) is 15.6. The van der Waals surface area contributed by atoms with Gasteiger partial charge in [-0.25, -0.2) is 0 Å². The molecule has 1 aromatic heterocycles. The van der Waals surface area contributed by atoms with Crippen molar-refractivity contribution in [3.05, 3.63) is 82.6 Å². The van der Waals surface area contributed by atoms with E-state index in [1.165, 1.54) is 12.4 Å². The second kappa shape index (κ2) is 8.35. The second-order valence-electron chi connectivity index (χ2n) is 8.59. The highest BCUT2D eigenvalue weighted by Gasteiger charge is 2.41. The van der Waals surface area contributed by atoms with Crippen LogP contribution in [0.5, 0.6) is 0 Å². The molecule has 0 radical (unpaired) electrons. The summed E-state index contributed by atoms with van der Waals surface area (Å²) in [6.07, 6.45) is 5.02. The number of nitrogens with zero attached hydrogens (tertiary/aromatic N) is 3. The summed E-state index contributed by atoms with van der Waals surface area (Å²) < 4.78 is 40.4. The number of amides is 1. The van der Waals surface area contributed by atoms with Crippen LogP contribution in [0.15, 0.2) is 54.5 Å². The number of hydrogen-bond donors (Lipinski definition) is 2. The number of benzene rings is 1. The third-order valence-electron chi connectivity index (χ3n) is 6.04. The van der Waals surface area contributed by atoms with Crippen molar-refractivity contribution in [2.75, 3.05) is 0 Å². The van der Waals surface area contributed by atoms with Gasteiger partial charge in [-0.3, -0.25) is 14.8 Å². The molecule has 2 heterocycles. The van der Waals surface area contributed by atoms with Gasteiger partial charge in [-0.15, -0.1) is 0 Å². The number of rotatable bonds is 5. The largest absolute Gasteiger partial charge is 0.416 e. The fourth-order valence-electron chi connectivity index (χ4n) is 3.75. The molecule has 1 aliphatic heterocycles. The lowest BCUT2D eigenvalue weighted by molar-refractivity contribution is -0.137. The van der Waals surface area contributed by atoms with Crippen LogP contribution < -0.4 is 10.6 Å². The second-order valence-corrected chi connectivity index (χ2v) is 8.59. The van der Waals surface area contributed by atoms with E-state index in [0.29, 0.717) is 22.5 Å². The summed E-state index contributed by atoms with van der Waals surface area (Å²) >= 11 is 0. The van der Waals surface area contributed by atoms with Gasteiger partial charge >= 0.3 is 6.18 Å². The van der Waals surface area contributed by atoms with E-state index in [1.807, 2.05) is 13.0 Å². The van der Waals surface area contributed by atoms with E-state index in [-0.39, 0.29) is 17.0 Å². The fourth-order valence-corrected chi connectivity index (χ4v) is 3.75. The topological polar surface area (TPSA) is 90.7 Å². The SMILES string of the molecule is CC(NC(=O)c1cc(C(F)(F)F)cc(C2(C)CC2)c1)c1nccnc1C1C=CC(C#N)=CN1. The van der Waals surface area contributed by atoms with Gasteiger partial charge in [0.05, 0.1) is 34.6 Å². The molecule has 170 valence electrons. The summed E-state index contributed by atoms with van der Waals surface area (Å²) in [7, 11) is 0. The van der Waals surface area contributed by atoms with Crippen LogP contribution in [0.4, 0.5) is 13.2 Å². The Morgan fingerprint density at radius 3 is 2.61 bits per heavy atom. The number of carbonyl (C=O) groups excluding carboxylic acids is 1. The van der Waals surface area contributed by atoms with Crippen LogP contribution in [-0.4, -0.2) is 15.9 Å². The molecule has 1 saturated carbocycles. The number of carbonyl (C=O) groups is 1. The van der Waals surface area contributed by atoms with Crippen LogP contribution in [0.1, 0.15) is 71.6 Å². The van der Waals surface area contributed by atoms with Crippen molar-refractivity contribution in [2.24, 2.45) is 0 Å². The molecule has 9 heteroatoms. The molecule has 2 aliphatic rings. The van der Waals surface area contributed by atoms with Gasteiger partial charge in [0.15, 0.2) is 0 Å². The number of allylic oxidation sites excluding steroid dienone is 2. The van der Waals surface area contributed by atoms with Gasteiger partial charge < -0.3 is 10.6 Å². The Labute approximate surface area is 189 Å². The number of nitriles is 1. The van der Waals surface area contributed by atoms with E-state index in [4.69, 9.17) is 5.26 Å². The maximum absolute atomic E-state index is 13.5. The molecule has 1 aromatic carbocycles. The molecule has 0 saturated heterocycles. The van der Waals surface area contributed by atoms with Crippen LogP contribution >= 0.6 is 0 Å². The average Bonchev–Trinajstić information content (AvgIpc) is 3.56. The molecule has 0 spiro atoms. The first-order valence-corrected chi connectivity index (χ1v) is 10.5. The predicted molar refractivity (Wildman–Crippen MR) is 115 cm³/mol. The van der Waals surface area contributed by atoms with Crippen molar-refractivity contribution in [3.63, 3.8) is 0 Å². The van der Waals surface area contributed by atoms with Crippen molar-refractivity contribution in [2.45, 2.75) is 50.4 Å². The van der Waals surface area contributed by atoms with Crippen LogP contribution in [-0.2, 0) is 11.6 Å². The minimum atomic E-state index is -4.55. The summed E-state index contributed by atoms with van der Waals surface area (Å²) in [6.45, 7) is 3.60. The number of halogens is 3. The summed E-state index contributed by atoms with van der Waals surface area (Å²) in [4.78, 5) is 21.7. The minimum Gasteiger partial charge on any atom is -0.378 e. The number of alkyl halides is 3. The standard InChI is InChI=1S/C24H22F3N5O/c1-14(20-21(30-8-7-29-20)19-4-3-15(12-28)13-31-19)32-22(33)16-9-17(23(2)5-6-23)11-18(10-16)24(25,26)27/h3-4,7-11,13-14,19,31H,5-6H2,1-2H3,(H,32,33). The smallest absolute Gasteiger partial charge is 0.378 e. The third-order valence-corrected chi connectivity index (χ3v) is 6.04. The molecule has 1 amide bonds. The van der Waals surface area contributed by atoms with E-state index >= 15 is 0 Å². The highest BCUT2D eigenvalue weighted by molar-refractivity contribution is 5.95. The molecular formula is C24H22F3N5O. The lowest BCUT2D eigenvalue weighted by Gasteiger charge is -2.22. The lowest BCUT2D eigenvalue weighted by Crippen LogP contribution is -2.30. The number of dihydropyridines is 1. The Kier molecular flexibility index (Phi) is 5.70. The van der Waals surface area contributed by atoms with Gasteiger partial charge in [-0.05, 0) is 55.0 Å². The van der Waals surface area contributed by atoms with Crippen LogP contribution in [0, 0.1) is 11.3 Å². The zero-order chi connectivity index (χ0) is 23.8. The van der Waals surface area contributed by atoms with Gasteiger partial charge in [-0.2, -0.15) is 18.4 Å². The molecule has 2 N–H and O–H groups in total. The molecular weight excluding hydrogens is 431 g/mol. The summed E-state index contributed by atoms with van der Waals surface area (Å²) in [5.74, 6) is -0.616. The number of aromatic nitrogens is 2. The van der Waals surface area contributed by atoms with Crippen LogP contribution in [0.3, 0.4) is 0 Å². The normalized spacial score (nSPS) is 19.6.